The molecule has 7 nitrogen and oxygen atoms in total. The molecular formula is C22H26N4O3S. The number of hydrogen-bond acceptors (Lipinski definition) is 6. The first-order valence-electron chi connectivity index (χ1n) is 9.80. The molecule has 0 aliphatic carbocycles. The highest BCUT2D eigenvalue weighted by Crippen LogP contribution is 2.25. The molecule has 1 amide bonds. The van der Waals surface area contributed by atoms with Crippen molar-refractivity contribution in [1.29, 1.82) is 0 Å². The SMILES string of the molecule is CCCCOc1ccc(-c2nnc(SCC(=O)Nc3cccc(OC)c3)n2C)cc1. The Labute approximate surface area is 180 Å². The van der Waals surface area contributed by atoms with Gasteiger partial charge in [-0.25, -0.2) is 0 Å². The van der Waals surface area contributed by atoms with Crippen LogP contribution in [0.2, 0.25) is 0 Å². The van der Waals surface area contributed by atoms with Crippen molar-refractivity contribution in [3.63, 3.8) is 0 Å². The van der Waals surface area contributed by atoms with Crippen LogP contribution in [0, 0.1) is 0 Å². The molecule has 0 unspecified atom stereocenters. The predicted octanol–water partition coefficient (Wildman–Crippen LogP) is 4.40. The highest BCUT2D eigenvalue weighted by Gasteiger charge is 2.13. The van der Waals surface area contributed by atoms with E-state index in [0.717, 1.165) is 36.6 Å². The average Bonchev–Trinajstić information content (AvgIpc) is 3.13. The first kappa shape index (κ1) is 21.7. The molecule has 0 aliphatic rings. The van der Waals surface area contributed by atoms with E-state index >= 15 is 0 Å². The maximum Gasteiger partial charge on any atom is 0.234 e. The number of carbonyl (C=O) groups excluding carboxylic acids is 1. The van der Waals surface area contributed by atoms with Crippen LogP contribution in [0.5, 0.6) is 11.5 Å². The summed E-state index contributed by atoms with van der Waals surface area (Å²) in [5.41, 5.74) is 1.64. The Kier molecular flexibility index (Phi) is 7.73. The smallest absolute Gasteiger partial charge is 0.234 e. The zero-order valence-corrected chi connectivity index (χ0v) is 18.2. The van der Waals surface area contributed by atoms with Gasteiger partial charge in [0.25, 0.3) is 0 Å². The van der Waals surface area contributed by atoms with Gasteiger partial charge in [-0.1, -0.05) is 31.2 Å². The van der Waals surface area contributed by atoms with E-state index in [-0.39, 0.29) is 11.7 Å². The fraction of sp³-hybridized carbons (Fsp3) is 0.318. The summed E-state index contributed by atoms with van der Waals surface area (Å²) in [7, 11) is 3.48. The maximum absolute atomic E-state index is 12.3. The standard InChI is InChI=1S/C22H26N4O3S/c1-4-5-13-29-18-11-9-16(10-12-18)21-24-25-22(26(21)2)30-15-20(27)23-17-7-6-8-19(14-17)28-3/h6-12,14H,4-5,13,15H2,1-3H3,(H,23,27). The number of anilines is 1. The van der Waals surface area contributed by atoms with Crippen molar-refractivity contribution in [3.8, 4) is 22.9 Å². The molecule has 1 aromatic heterocycles. The zero-order valence-electron chi connectivity index (χ0n) is 17.4. The summed E-state index contributed by atoms with van der Waals surface area (Å²) in [5, 5.41) is 12.0. The maximum atomic E-state index is 12.3. The van der Waals surface area contributed by atoms with Gasteiger partial charge in [-0.15, -0.1) is 10.2 Å². The third-order valence-corrected chi connectivity index (χ3v) is 5.42. The number of methoxy groups -OCH3 is 1. The van der Waals surface area contributed by atoms with Crippen LogP contribution in [0.4, 0.5) is 5.69 Å². The van der Waals surface area contributed by atoms with Crippen molar-refractivity contribution in [2.45, 2.75) is 24.9 Å². The van der Waals surface area contributed by atoms with Crippen molar-refractivity contribution >= 4 is 23.4 Å². The van der Waals surface area contributed by atoms with Crippen molar-refractivity contribution in [2.24, 2.45) is 7.05 Å². The second-order valence-corrected chi connectivity index (χ2v) is 7.60. The first-order chi connectivity index (χ1) is 14.6. The third kappa shape index (κ3) is 5.76. The molecule has 0 atom stereocenters. The van der Waals surface area contributed by atoms with E-state index in [0.29, 0.717) is 16.6 Å². The number of benzene rings is 2. The van der Waals surface area contributed by atoms with Crippen molar-refractivity contribution in [3.05, 3.63) is 48.5 Å². The van der Waals surface area contributed by atoms with Crippen molar-refractivity contribution < 1.29 is 14.3 Å². The number of ether oxygens (including phenoxy) is 2. The molecule has 1 heterocycles. The Balaban J connectivity index is 1.57. The van der Waals surface area contributed by atoms with E-state index in [2.05, 4.69) is 22.4 Å². The van der Waals surface area contributed by atoms with Crippen molar-refractivity contribution in [2.75, 3.05) is 24.8 Å². The summed E-state index contributed by atoms with van der Waals surface area (Å²) in [6.45, 7) is 2.86. The van der Waals surface area contributed by atoms with Gasteiger partial charge >= 0.3 is 0 Å². The number of amides is 1. The minimum Gasteiger partial charge on any atom is -0.497 e. The molecule has 2 aromatic carbocycles. The predicted molar refractivity (Wildman–Crippen MR) is 119 cm³/mol. The molecule has 0 bridgehead atoms. The number of aromatic nitrogens is 3. The minimum absolute atomic E-state index is 0.119. The molecule has 0 fully saturated rings. The number of carbonyl (C=O) groups is 1. The van der Waals surface area contributed by atoms with E-state index in [1.54, 1.807) is 13.2 Å². The van der Waals surface area contributed by atoms with Gasteiger partial charge in [-0.05, 0) is 42.8 Å². The van der Waals surface area contributed by atoms with Crippen LogP contribution in [0.1, 0.15) is 19.8 Å². The van der Waals surface area contributed by atoms with Crippen LogP contribution in [0.15, 0.2) is 53.7 Å². The Morgan fingerprint density at radius 2 is 1.93 bits per heavy atom. The van der Waals surface area contributed by atoms with Crippen LogP contribution in [-0.4, -0.2) is 40.1 Å². The normalized spacial score (nSPS) is 10.6. The number of unbranched alkanes of at least 4 members (excludes halogenated alkanes) is 1. The monoisotopic (exact) mass is 426 g/mol. The van der Waals surface area contributed by atoms with Crippen LogP contribution in [0.3, 0.4) is 0 Å². The lowest BCUT2D eigenvalue weighted by Gasteiger charge is -2.08. The summed E-state index contributed by atoms with van der Waals surface area (Å²) in [5.74, 6) is 2.39. The molecule has 0 saturated carbocycles. The van der Waals surface area contributed by atoms with Gasteiger partial charge in [0.1, 0.15) is 11.5 Å². The molecule has 3 aromatic rings. The fourth-order valence-electron chi connectivity index (χ4n) is 2.75. The second kappa shape index (κ2) is 10.7. The van der Waals surface area contributed by atoms with Crippen LogP contribution < -0.4 is 14.8 Å². The van der Waals surface area contributed by atoms with Gasteiger partial charge < -0.3 is 19.4 Å². The molecule has 1 N–H and O–H groups in total. The molecule has 158 valence electrons. The lowest BCUT2D eigenvalue weighted by Crippen LogP contribution is -2.14. The van der Waals surface area contributed by atoms with Gasteiger partial charge in [0.2, 0.25) is 5.91 Å². The molecule has 0 saturated heterocycles. The first-order valence-corrected chi connectivity index (χ1v) is 10.8. The lowest BCUT2D eigenvalue weighted by molar-refractivity contribution is -0.113. The third-order valence-electron chi connectivity index (χ3n) is 4.40. The lowest BCUT2D eigenvalue weighted by atomic mass is 10.2. The summed E-state index contributed by atoms with van der Waals surface area (Å²) >= 11 is 1.34. The van der Waals surface area contributed by atoms with Crippen LogP contribution in [-0.2, 0) is 11.8 Å². The fourth-order valence-corrected chi connectivity index (χ4v) is 3.47. The number of nitrogens with one attached hydrogen (secondary N) is 1. The number of nitrogens with zero attached hydrogens (tertiary/aromatic N) is 3. The highest BCUT2D eigenvalue weighted by molar-refractivity contribution is 7.99. The summed E-state index contributed by atoms with van der Waals surface area (Å²) < 4.78 is 12.8. The Bertz CT molecular complexity index is 973. The van der Waals surface area contributed by atoms with E-state index in [1.165, 1.54) is 11.8 Å². The van der Waals surface area contributed by atoms with E-state index in [9.17, 15) is 4.79 Å². The van der Waals surface area contributed by atoms with Crippen molar-refractivity contribution in [1.82, 2.24) is 14.8 Å². The quantitative estimate of drug-likeness (QED) is 0.382. The largest absolute Gasteiger partial charge is 0.497 e. The Morgan fingerprint density at radius 1 is 1.13 bits per heavy atom. The van der Waals surface area contributed by atoms with Crippen LogP contribution >= 0.6 is 11.8 Å². The molecule has 0 aliphatic heterocycles. The summed E-state index contributed by atoms with van der Waals surface area (Å²) in [6.07, 6.45) is 2.14. The minimum atomic E-state index is -0.119. The number of hydrogen-bond donors (Lipinski definition) is 1. The molecule has 0 radical (unpaired) electrons. The Morgan fingerprint density at radius 3 is 2.67 bits per heavy atom. The van der Waals surface area contributed by atoms with Crippen LogP contribution in [0.25, 0.3) is 11.4 Å². The molecular weight excluding hydrogens is 400 g/mol. The molecule has 30 heavy (non-hydrogen) atoms. The number of thioether (sulfide) groups is 1. The van der Waals surface area contributed by atoms with E-state index < -0.39 is 0 Å². The zero-order chi connectivity index (χ0) is 21.3. The molecule has 8 heteroatoms. The van der Waals surface area contributed by atoms with Gasteiger partial charge in [0.15, 0.2) is 11.0 Å². The summed E-state index contributed by atoms with van der Waals surface area (Å²) in [6, 6.07) is 15.1. The highest BCUT2D eigenvalue weighted by atomic mass is 32.2. The average molecular weight is 427 g/mol. The van der Waals surface area contributed by atoms with E-state index in [4.69, 9.17) is 9.47 Å². The number of rotatable bonds is 10. The van der Waals surface area contributed by atoms with Gasteiger partial charge in [0.05, 0.1) is 19.5 Å². The molecule has 3 rings (SSSR count). The van der Waals surface area contributed by atoms with Gasteiger partial charge in [-0.3, -0.25) is 4.79 Å². The Hall–Kier alpha value is -3.00. The summed E-state index contributed by atoms with van der Waals surface area (Å²) in [4.78, 5) is 12.3. The van der Waals surface area contributed by atoms with E-state index in [1.807, 2.05) is 54.1 Å². The molecule has 0 spiro atoms. The van der Waals surface area contributed by atoms with Gasteiger partial charge in [0, 0.05) is 24.4 Å². The second-order valence-electron chi connectivity index (χ2n) is 6.66. The topological polar surface area (TPSA) is 78.3 Å². The van der Waals surface area contributed by atoms with Gasteiger partial charge in [-0.2, -0.15) is 0 Å².